The minimum absolute atomic E-state index is 0.00480. The summed E-state index contributed by atoms with van der Waals surface area (Å²) in [6, 6.07) is 9.29. The van der Waals surface area contributed by atoms with Crippen molar-refractivity contribution in [1.82, 2.24) is 15.2 Å². The van der Waals surface area contributed by atoms with Gasteiger partial charge in [-0.1, -0.05) is 12.8 Å². The van der Waals surface area contributed by atoms with Crippen LogP contribution in [0.3, 0.4) is 0 Å². The fraction of sp³-hybridized carbons (Fsp3) is 0.600. The lowest BCUT2D eigenvalue weighted by Crippen LogP contribution is -2.54. The Morgan fingerprint density at radius 2 is 1.94 bits per heavy atom. The van der Waals surface area contributed by atoms with Gasteiger partial charge in [0.15, 0.2) is 0 Å². The number of aliphatic hydroxyl groups is 1. The number of aromatic amines is 1. The highest BCUT2D eigenvalue weighted by Gasteiger charge is 2.41. The van der Waals surface area contributed by atoms with Gasteiger partial charge in [-0.2, -0.15) is 0 Å². The maximum atomic E-state index is 13.1. The average molecular weight is 458 g/mol. The number of benzene rings is 1. The number of aliphatic hydroxyl groups excluding tert-OH is 1. The number of fused-ring (bicyclic) bond motifs is 1. The molecule has 180 valence electrons. The summed E-state index contributed by atoms with van der Waals surface area (Å²) in [6.45, 7) is 1.71. The zero-order valence-electron chi connectivity index (χ0n) is 19.1. The topological polar surface area (TPSA) is 104 Å². The molecule has 1 aromatic heterocycles. The summed E-state index contributed by atoms with van der Waals surface area (Å²) in [5, 5.41) is 13.1. The molecule has 0 radical (unpaired) electrons. The van der Waals surface area contributed by atoms with Gasteiger partial charge in [0, 0.05) is 42.8 Å². The summed E-state index contributed by atoms with van der Waals surface area (Å²) in [5.41, 5.74) is 0.659. The van der Waals surface area contributed by atoms with E-state index < -0.39 is 0 Å². The summed E-state index contributed by atoms with van der Waals surface area (Å²) in [4.78, 5) is 29.3. The van der Waals surface area contributed by atoms with Crippen molar-refractivity contribution in [2.24, 2.45) is 0 Å². The molecule has 3 N–H and O–H groups in total. The summed E-state index contributed by atoms with van der Waals surface area (Å²) in [5.74, 6) is 0.741. The third-order valence-electron chi connectivity index (χ3n) is 6.40. The van der Waals surface area contributed by atoms with Crippen LogP contribution in [-0.4, -0.2) is 65.6 Å². The van der Waals surface area contributed by atoms with E-state index in [1.807, 2.05) is 23.1 Å². The molecule has 8 heteroatoms. The number of nitrogens with one attached hydrogen (secondary N) is 2. The second-order valence-electron chi connectivity index (χ2n) is 8.98. The van der Waals surface area contributed by atoms with Crippen LogP contribution in [0.25, 0.3) is 10.9 Å². The van der Waals surface area contributed by atoms with E-state index in [-0.39, 0.29) is 30.3 Å². The number of nitrogens with zero attached hydrogens (tertiary/aromatic N) is 1. The van der Waals surface area contributed by atoms with E-state index in [0.717, 1.165) is 55.2 Å². The predicted octanol–water partition coefficient (Wildman–Crippen LogP) is 3.18. The van der Waals surface area contributed by atoms with Gasteiger partial charge >= 0.3 is 6.03 Å². The number of pyridine rings is 1. The fourth-order valence-corrected chi connectivity index (χ4v) is 4.60. The highest BCUT2D eigenvalue weighted by atomic mass is 16.5. The summed E-state index contributed by atoms with van der Waals surface area (Å²) >= 11 is 0. The van der Waals surface area contributed by atoms with Gasteiger partial charge in [-0.15, -0.1) is 0 Å². The monoisotopic (exact) mass is 457 g/mol. The van der Waals surface area contributed by atoms with E-state index in [9.17, 15) is 9.59 Å². The van der Waals surface area contributed by atoms with Gasteiger partial charge < -0.3 is 29.8 Å². The molecular weight excluding hydrogens is 422 g/mol. The lowest BCUT2D eigenvalue weighted by Gasteiger charge is -2.40. The zero-order chi connectivity index (χ0) is 23.0. The Morgan fingerprint density at radius 1 is 1.09 bits per heavy atom. The van der Waals surface area contributed by atoms with E-state index in [1.54, 1.807) is 6.07 Å². The molecule has 0 spiro atoms. The number of carbonyl (C=O) groups excluding carboxylic acids is 1. The van der Waals surface area contributed by atoms with Crippen LogP contribution < -0.4 is 15.6 Å². The molecule has 0 aliphatic heterocycles. The van der Waals surface area contributed by atoms with Crippen LogP contribution >= 0.6 is 0 Å². The molecule has 0 bridgehead atoms. The standard InChI is InChI=1S/C25H35N3O5/c29-14-4-16-33-23-6-2-1-5-22(23)28(19-8-9-19)25(31)26-13-3-15-32-20-10-11-21-18(17-20)7-12-24(30)27-21/h7,10-12,17,19,22-23,29H,1-6,8-9,13-16H2,(H,26,31)(H,27,30)/t22-,23-/m1/s1. The normalized spacial score (nSPS) is 20.5. The molecule has 2 saturated carbocycles. The summed E-state index contributed by atoms with van der Waals surface area (Å²) in [6.07, 6.45) is 7.71. The Bertz CT molecular complexity index is 974. The molecular formula is C25H35N3O5. The zero-order valence-corrected chi connectivity index (χ0v) is 19.1. The summed E-state index contributed by atoms with van der Waals surface area (Å²) < 4.78 is 11.9. The Hall–Kier alpha value is -2.58. The van der Waals surface area contributed by atoms with Crippen molar-refractivity contribution in [3.63, 3.8) is 0 Å². The lowest BCUT2D eigenvalue weighted by atomic mass is 9.91. The van der Waals surface area contributed by atoms with Crippen molar-refractivity contribution in [2.75, 3.05) is 26.4 Å². The minimum atomic E-state index is -0.122. The molecule has 2 amide bonds. The van der Waals surface area contributed by atoms with Crippen molar-refractivity contribution in [2.45, 2.75) is 69.6 Å². The van der Waals surface area contributed by atoms with E-state index in [1.165, 1.54) is 6.07 Å². The maximum absolute atomic E-state index is 13.1. The molecule has 2 atom stereocenters. The molecule has 2 fully saturated rings. The number of urea groups is 1. The fourth-order valence-electron chi connectivity index (χ4n) is 4.60. The Labute approximate surface area is 194 Å². The lowest BCUT2D eigenvalue weighted by molar-refractivity contribution is -0.0305. The van der Waals surface area contributed by atoms with Crippen molar-refractivity contribution in [3.8, 4) is 5.75 Å². The molecule has 8 nitrogen and oxygen atoms in total. The van der Waals surface area contributed by atoms with E-state index in [2.05, 4.69) is 10.3 Å². The first-order valence-electron chi connectivity index (χ1n) is 12.2. The largest absolute Gasteiger partial charge is 0.494 e. The number of ether oxygens (including phenoxy) is 2. The predicted molar refractivity (Wildman–Crippen MR) is 127 cm³/mol. The molecule has 4 rings (SSSR count). The molecule has 1 heterocycles. The molecule has 0 unspecified atom stereocenters. The second-order valence-corrected chi connectivity index (χ2v) is 8.98. The van der Waals surface area contributed by atoms with Crippen LogP contribution in [-0.2, 0) is 4.74 Å². The van der Waals surface area contributed by atoms with Crippen LogP contribution in [0.1, 0.15) is 51.4 Å². The highest BCUT2D eigenvalue weighted by molar-refractivity contribution is 5.79. The molecule has 2 aliphatic rings. The first-order valence-corrected chi connectivity index (χ1v) is 12.2. The van der Waals surface area contributed by atoms with Crippen LogP contribution in [0.5, 0.6) is 5.75 Å². The number of hydrogen-bond donors (Lipinski definition) is 3. The van der Waals surface area contributed by atoms with Crippen molar-refractivity contribution < 1.29 is 19.4 Å². The van der Waals surface area contributed by atoms with Crippen LogP contribution in [0.4, 0.5) is 4.79 Å². The maximum Gasteiger partial charge on any atom is 0.317 e. The van der Waals surface area contributed by atoms with Gasteiger partial charge in [0.2, 0.25) is 5.56 Å². The molecule has 0 saturated heterocycles. The molecule has 2 aliphatic carbocycles. The summed E-state index contributed by atoms with van der Waals surface area (Å²) in [7, 11) is 0. The number of rotatable bonds is 11. The van der Waals surface area contributed by atoms with Crippen LogP contribution in [0, 0.1) is 0 Å². The van der Waals surface area contributed by atoms with Gasteiger partial charge in [-0.25, -0.2) is 4.79 Å². The van der Waals surface area contributed by atoms with Crippen molar-refractivity contribution in [1.29, 1.82) is 0 Å². The minimum Gasteiger partial charge on any atom is -0.494 e. The number of hydrogen-bond acceptors (Lipinski definition) is 5. The van der Waals surface area contributed by atoms with E-state index >= 15 is 0 Å². The van der Waals surface area contributed by atoms with Crippen LogP contribution in [0.2, 0.25) is 0 Å². The first kappa shape index (κ1) is 23.6. The quantitative estimate of drug-likeness (QED) is 0.450. The third kappa shape index (κ3) is 6.48. The smallest absolute Gasteiger partial charge is 0.317 e. The number of H-pyrrole nitrogens is 1. The van der Waals surface area contributed by atoms with Crippen molar-refractivity contribution in [3.05, 3.63) is 40.7 Å². The number of aromatic nitrogens is 1. The number of carbonyl (C=O) groups is 1. The SMILES string of the molecule is O=C(NCCCOc1ccc2[nH]c(=O)ccc2c1)N(C1CC1)[C@@H]1CCCC[C@H]1OCCCO. The van der Waals surface area contributed by atoms with Gasteiger partial charge in [0.25, 0.3) is 0 Å². The highest BCUT2D eigenvalue weighted by Crippen LogP contribution is 2.35. The average Bonchev–Trinajstić information content (AvgIpc) is 3.65. The second kappa shape index (κ2) is 11.5. The van der Waals surface area contributed by atoms with E-state index in [0.29, 0.717) is 38.6 Å². The van der Waals surface area contributed by atoms with Gasteiger partial charge in [-0.05, 0) is 62.8 Å². The van der Waals surface area contributed by atoms with Gasteiger partial charge in [-0.3, -0.25) is 4.79 Å². The molecule has 1 aromatic carbocycles. The van der Waals surface area contributed by atoms with Gasteiger partial charge in [0.1, 0.15) is 5.75 Å². The Morgan fingerprint density at radius 3 is 2.76 bits per heavy atom. The molecule has 33 heavy (non-hydrogen) atoms. The third-order valence-corrected chi connectivity index (χ3v) is 6.40. The number of amides is 2. The van der Waals surface area contributed by atoms with Gasteiger partial charge in [0.05, 0.1) is 18.8 Å². The molecule has 2 aromatic rings. The van der Waals surface area contributed by atoms with E-state index in [4.69, 9.17) is 14.6 Å². The van der Waals surface area contributed by atoms with Crippen molar-refractivity contribution >= 4 is 16.9 Å². The Kier molecular flexibility index (Phi) is 8.23. The Balaban J connectivity index is 1.24. The van der Waals surface area contributed by atoms with Crippen LogP contribution in [0.15, 0.2) is 35.1 Å². The first-order chi connectivity index (χ1) is 16.2.